The van der Waals surface area contributed by atoms with E-state index in [-0.39, 0.29) is 5.78 Å². The number of nitrogens with one attached hydrogen (secondary N) is 1. The fourth-order valence-electron chi connectivity index (χ4n) is 2.15. The van der Waals surface area contributed by atoms with Gasteiger partial charge in [-0.2, -0.15) is 0 Å². The number of ketones is 1. The number of rotatable bonds is 4. The highest BCUT2D eigenvalue weighted by molar-refractivity contribution is 6.10. The van der Waals surface area contributed by atoms with Crippen LogP contribution in [-0.4, -0.2) is 22.9 Å². The van der Waals surface area contributed by atoms with Gasteiger partial charge in [-0.3, -0.25) is 9.78 Å². The molecular weight excluding hydrogens is 224 g/mol. The first-order valence-electron chi connectivity index (χ1n) is 6.20. The zero-order valence-corrected chi connectivity index (χ0v) is 11.0. The molecule has 1 aromatic carbocycles. The predicted molar refractivity (Wildman–Crippen MR) is 73.8 cm³/mol. The summed E-state index contributed by atoms with van der Waals surface area (Å²) >= 11 is 0. The van der Waals surface area contributed by atoms with Gasteiger partial charge in [0.2, 0.25) is 0 Å². The molecule has 0 aliphatic carbocycles. The molecule has 0 atom stereocenters. The van der Waals surface area contributed by atoms with E-state index in [0.29, 0.717) is 5.56 Å². The molecule has 0 saturated carbocycles. The van der Waals surface area contributed by atoms with E-state index in [1.807, 2.05) is 51.1 Å². The van der Waals surface area contributed by atoms with Gasteiger partial charge in [-0.05, 0) is 32.5 Å². The number of carbonyl (C=O) groups is 1. The van der Waals surface area contributed by atoms with Crippen molar-refractivity contribution >= 4 is 16.7 Å². The molecule has 0 fully saturated rings. The van der Waals surface area contributed by atoms with Gasteiger partial charge >= 0.3 is 0 Å². The van der Waals surface area contributed by atoms with E-state index in [9.17, 15) is 4.79 Å². The van der Waals surface area contributed by atoms with Gasteiger partial charge in [-0.1, -0.05) is 25.1 Å². The van der Waals surface area contributed by atoms with Gasteiger partial charge in [0.25, 0.3) is 0 Å². The molecule has 0 amide bonds. The Morgan fingerprint density at radius 1 is 1.28 bits per heavy atom. The first-order valence-corrected chi connectivity index (χ1v) is 6.20. The summed E-state index contributed by atoms with van der Waals surface area (Å²) in [7, 11) is 0. The van der Waals surface area contributed by atoms with Gasteiger partial charge in [-0.25, -0.2) is 0 Å². The molecule has 3 nitrogen and oxygen atoms in total. The maximum absolute atomic E-state index is 12.6. The molecular formula is C15H18N2O. The predicted octanol–water partition coefficient (Wildman–Crippen LogP) is 2.81. The number of para-hydroxylation sites is 1. The molecule has 0 bridgehead atoms. The van der Waals surface area contributed by atoms with Crippen molar-refractivity contribution in [1.82, 2.24) is 10.3 Å². The Morgan fingerprint density at radius 2 is 2.00 bits per heavy atom. The number of likely N-dealkylation sites (N-methyl/N-ethyl adjacent to an activating group) is 1. The van der Waals surface area contributed by atoms with Gasteiger partial charge in [0.15, 0.2) is 5.78 Å². The minimum absolute atomic E-state index is 0.0775. The molecule has 3 heteroatoms. The number of aromatic nitrogens is 1. The molecule has 1 heterocycles. The van der Waals surface area contributed by atoms with Crippen LogP contribution in [0.5, 0.6) is 0 Å². The van der Waals surface area contributed by atoms with Crippen molar-refractivity contribution in [3.63, 3.8) is 0 Å². The van der Waals surface area contributed by atoms with Crippen molar-refractivity contribution < 1.29 is 4.79 Å². The van der Waals surface area contributed by atoms with Crippen molar-refractivity contribution in [2.24, 2.45) is 0 Å². The van der Waals surface area contributed by atoms with Crippen molar-refractivity contribution in [3.05, 3.63) is 42.1 Å². The first-order chi connectivity index (χ1) is 8.56. The van der Waals surface area contributed by atoms with Gasteiger partial charge in [-0.15, -0.1) is 0 Å². The van der Waals surface area contributed by atoms with E-state index in [4.69, 9.17) is 0 Å². The summed E-state index contributed by atoms with van der Waals surface area (Å²) in [4.78, 5) is 16.9. The third kappa shape index (κ3) is 2.27. The largest absolute Gasteiger partial charge is 0.305 e. The molecule has 1 N–H and O–H groups in total. The molecule has 0 unspecified atom stereocenters. The molecule has 2 rings (SSSR count). The number of Topliss-reactive ketones (excluding diaryl/α,β-unsaturated/α-hetero) is 1. The first kappa shape index (κ1) is 12.7. The van der Waals surface area contributed by atoms with Crippen LogP contribution in [0.4, 0.5) is 0 Å². The van der Waals surface area contributed by atoms with Crippen LogP contribution in [0.1, 0.15) is 31.1 Å². The molecule has 94 valence electrons. The van der Waals surface area contributed by atoms with Crippen LogP contribution < -0.4 is 5.32 Å². The average Bonchev–Trinajstić information content (AvgIpc) is 2.37. The van der Waals surface area contributed by atoms with Gasteiger partial charge in [0, 0.05) is 17.1 Å². The highest BCUT2D eigenvalue weighted by Crippen LogP contribution is 2.20. The lowest BCUT2D eigenvalue weighted by molar-refractivity contribution is 0.0885. The number of carbonyl (C=O) groups excluding carboxylic acids is 1. The second kappa shape index (κ2) is 4.86. The number of pyridine rings is 1. The van der Waals surface area contributed by atoms with Crippen LogP contribution in [0.15, 0.2) is 36.5 Å². The number of benzene rings is 1. The number of hydrogen-bond donors (Lipinski definition) is 1. The Kier molecular flexibility index (Phi) is 3.43. The summed E-state index contributed by atoms with van der Waals surface area (Å²) in [5.74, 6) is 0.0775. The third-order valence-electron chi connectivity index (χ3n) is 3.06. The molecule has 1 aromatic heterocycles. The van der Waals surface area contributed by atoms with Crippen molar-refractivity contribution in [2.45, 2.75) is 26.3 Å². The third-order valence-corrected chi connectivity index (χ3v) is 3.06. The summed E-state index contributed by atoms with van der Waals surface area (Å²) in [6.07, 6.45) is 1.72. The van der Waals surface area contributed by atoms with Crippen molar-refractivity contribution in [3.8, 4) is 0 Å². The van der Waals surface area contributed by atoms with E-state index in [2.05, 4.69) is 10.3 Å². The molecule has 0 saturated heterocycles. The Labute approximate surface area is 107 Å². The second-order valence-corrected chi connectivity index (χ2v) is 4.87. The van der Waals surface area contributed by atoms with E-state index < -0.39 is 5.54 Å². The molecule has 0 radical (unpaired) electrons. The zero-order valence-electron chi connectivity index (χ0n) is 11.0. The lowest BCUT2D eigenvalue weighted by Gasteiger charge is -2.24. The number of nitrogens with zero attached hydrogens (tertiary/aromatic N) is 1. The number of hydrogen-bond acceptors (Lipinski definition) is 3. The van der Waals surface area contributed by atoms with Crippen LogP contribution in [0.25, 0.3) is 10.9 Å². The van der Waals surface area contributed by atoms with Gasteiger partial charge in [0.05, 0.1) is 11.1 Å². The minimum atomic E-state index is -0.569. The van der Waals surface area contributed by atoms with Crippen LogP contribution in [0, 0.1) is 0 Å². The van der Waals surface area contributed by atoms with Crippen molar-refractivity contribution in [2.75, 3.05) is 6.54 Å². The molecule has 2 aromatic rings. The fourth-order valence-corrected chi connectivity index (χ4v) is 2.15. The fraction of sp³-hybridized carbons (Fsp3) is 0.333. The summed E-state index contributed by atoms with van der Waals surface area (Å²) in [6, 6.07) is 9.57. The summed E-state index contributed by atoms with van der Waals surface area (Å²) in [5, 5.41) is 4.20. The lowest BCUT2D eigenvalue weighted by Crippen LogP contribution is -2.46. The van der Waals surface area contributed by atoms with Gasteiger partial charge in [0.1, 0.15) is 0 Å². The minimum Gasteiger partial charge on any atom is -0.305 e. The zero-order chi connectivity index (χ0) is 13.2. The highest BCUT2D eigenvalue weighted by Gasteiger charge is 2.28. The van der Waals surface area contributed by atoms with E-state index in [0.717, 1.165) is 17.4 Å². The van der Waals surface area contributed by atoms with Crippen molar-refractivity contribution in [1.29, 1.82) is 0 Å². The van der Waals surface area contributed by atoms with Crippen LogP contribution in [0.3, 0.4) is 0 Å². The Hall–Kier alpha value is -1.74. The number of fused-ring (bicyclic) bond motifs is 1. The summed E-state index contributed by atoms with van der Waals surface area (Å²) in [6.45, 7) is 6.56. The second-order valence-electron chi connectivity index (χ2n) is 4.87. The van der Waals surface area contributed by atoms with E-state index >= 15 is 0 Å². The molecule has 18 heavy (non-hydrogen) atoms. The van der Waals surface area contributed by atoms with E-state index in [1.54, 1.807) is 6.20 Å². The lowest BCUT2D eigenvalue weighted by atomic mass is 9.91. The monoisotopic (exact) mass is 242 g/mol. The normalized spacial score (nSPS) is 11.7. The SMILES string of the molecule is CCNC(C)(C)C(=O)c1cccc2cccnc12. The Bertz CT molecular complexity index is 570. The standard InChI is InChI=1S/C15H18N2O/c1-4-17-15(2,3)14(18)12-9-5-7-11-8-6-10-16-13(11)12/h5-10,17H,4H2,1-3H3. The summed E-state index contributed by atoms with van der Waals surface area (Å²) < 4.78 is 0. The Morgan fingerprint density at radius 3 is 2.72 bits per heavy atom. The van der Waals surface area contributed by atoms with E-state index in [1.165, 1.54) is 0 Å². The smallest absolute Gasteiger partial charge is 0.184 e. The Balaban J connectivity index is 2.51. The average molecular weight is 242 g/mol. The maximum atomic E-state index is 12.6. The molecule has 0 aliphatic heterocycles. The highest BCUT2D eigenvalue weighted by atomic mass is 16.1. The topological polar surface area (TPSA) is 42.0 Å². The summed E-state index contributed by atoms with van der Waals surface area (Å²) in [5.41, 5.74) is 0.885. The molecule has 0 aliphatic rings. The quantitative estimate of drug-likeness (QED) is 0.838. The van der Waals surface area contributed by atoms with Crippen LogP contribution in [-0.2, 0) is 0 Å². The van der Waals surface area contributed by atoms with Crippen LogP contribution in [0.2, 0.25) is 0 Å². The van der Waals surface area contributed by atoms with Gasteiger partial charge < -0.3 is 5.32 Å². The maximum Gasteiger partial charge on any atom is 0.184 e. The van der Waals surface area contributed by atoms with Crippen LogP contribution >= 0.6 is 0 Å². The molecule has 0 spiro atoms.